The van der Waals surface area contributed by atoms with Crippen LogP contribution in [0.15, 0.2) is 75.9 Å². The maximum atomic E-state index is 12.3. The number of rotatable bonds is 6. The Morgan fingerprint density at radius 2 is 1.62 bits per heavy atom. The van der Waals surface area contributed by atoms with Crippen molar-refractivity contribution in [2.75, 3.05) is 20.8 Å². The lowest BCUT2D eigenvalue weighted by Crippen LogP contribution is -2.04. The summed E-state index contributed by atoms with van der Waals surface area (Å²) < 4.78 is 21.3. The molecule has 0 radical (unpaired) electrons. The molecule has 0 aliphatic carbocycles. The lowest BCUT2D eigenvalue weighted by Gasteiger charge is -2.13. The van der Waals surface area contributed by atoms with Gasteiger partial charge in [0.05, 0.1) is 31.8 Å². The lowest BCUT2D eigenvalue weighted by molar-refractivity contribution is 0.0526. The van der Waals surface area contributed by atoms with E-state index in [9.17, 15) is 9.59 Å². The van der Waals surface area contributed by atoms with Gasteiger partial charge in [0.25, 0.3) is 0 Å². The molecule has 0 amide bonds. The van der Waals surface area contributed by atoms with Crippen LogP contribution >= 0.6 is 0 Å². The zero-order valence-corrected chi connectivity index (χ0v) is 18.0. The van der Waals surface area contributed by atoms with Gasteiger partial charge < -0.3 is 18.6 Å². The average molecular weight is 430 g/mol. The molecule has 4 aromatic rings. The first-order valence-corrected chi connectivity index (χ1v) is 10.1. The molecule has 4 rings (SSSR count). The Morgan fingerprint density at radius 3 is 2.31 bits per heavy atom. The van der Waals surface area contributed by atoms with Crippen LogP contribution in [0.3, 0.4) is 0 Å². The van der Waals surface area contributed by atoms with Crippen molar-refractivity contribution in [2.24, 2.45) is 0 Å². The highest BCUT2D eigenvalue weighted by molar-refractivity contribution is 5.99. The standard InChI is InChI=1S/C26H22O6/c1-4-31-26(28)17-10-8-16(9-11-17)18-6-5-7-19(12-18)21-15-24(27)32-23-14-20(29-2)13-22(30-3)25(21)23/h5-15H,4H2,1-3H3. The molecule has 1 heterocycles. The number of hydrogen-bond acceptors (Lipinski definition) is 6. The van der Waals surface area contributed by atoms with Gasteiger partial charge in [-0.25, -0.2) is 9.59 Å². The van der Waals surface area contributed by atoms with Crippen molar-refractivity contribution in [1.29, 1.82) is 0 Å². The van der Waals surface area contributed by atoms with Gasteiger partial charge >= 0.3 is 11.6 Å². The topological polar surface area (TPSA) is 75.0 Å². The van der Waals surface area contributed by atoms with Gasteiger partial charge in [0.15, 0.2) is 0 Å². The molecular formula is C26H22O6. The Kier molecular flexibility index (Phi) is 5.94. The highest BCUT2D eigenvalue weighted by Gasteiger charge is 2.15. The van der Waals surface area contributed by atoms with Crippen LogP contribution in [0, 0.1) is 0 Å². The van der Waals surface area contributed by atoms with Crippen molar-refractivity contribution in [3.63, 3.8) is 0 Å². The maximum Gasteiger partial charge on any atom is 0.338 e. The molecule has 32 heavy (non-hydrogen) atoms. The van der Waals surface area contributed by atoms with Crippen LogP contribution in [-0.4, -0.2) is 26.8 Å². The molecule has 0 atom stereocenters. The fraction of sp³-hybridized carbons (Fsp3) is 0.154. The van der Waals surface area contributed by atoms with E-state index in [1.165, 1.54) is 6.07 Å². The molecule has 0 saturated carbocycles. The second kappa shape index (κ2) is 8.98. The zero-order valence-electron chi connectivity index (χ0n) is 18.0. The monoisotopic (exact) mass is 430 g/mol. The Labute approximate surface area is 185 Å². The first-order valence-electron chi connectivity index (χ1n) is 10.1. The van der Waals surface area contributed by atoms with Crippen molar-refractivity contribution in [3.8, 4) is 33.8 Å². The van der Waals surface area contributed by atoms with Gasteiger partial charge in [-0.3, -0.25) is 0 Å². The molecule has 3 aromatic carbocycles. The van der Waals surface area contributed by atoms with E-state index in [4.69, 9.17) is 18.6 Å². The van der Waals surface area contributed by atoms with Crippen LogP contribution in [0.2, 0.25) is 0 Å². The number of carbonyl (C=O) groups excluding carboxylic acids is 1. The van der Waals surface area contributed by atoms with Crippen molar-refractivity contribution in [3.05, 3.63) is 82.7 Å². The van der Waals surface area contributed by atoms with Crippen LogP contribution in [0.1, 0.15) is 17.3 Å². The summed E-state index contributed by atoms with van der Waals surface area (Å²) in [6.45, 7) is 2.10. The Bertz CT molecular complexity index is 1340. The Morgan fingerprint density at radius 1 is 0.875 bits per heavy atom. The molecule has 0 aliphatic rings. The number of methoxy groups -OCH3 is 2. The first kappa shape index (κ1) is 21.2. The highest BCUT2D eigenvalue weighted by Crippen LogP contribution is 2.38. The zero-order chi connectivity index (χ0) is 22.7. The molecule has 0 aliphatic heterocycles. The minimum atomic E-state index is -0.466. The predicted molar refractivity (Wildman–Crippen MR) is 122 cm³/mol. The number of ether oxygens (including phenoxy) is 3. The van der Waals surface area contributed by atoms with E-state index in [0.29, 0.717) is 40.2 Å². The lowest BCUT2D eigenvalue weighted by atomic mass is 9.96. The van der Waals surface area contributed by atoms with E-state index in [1.807, 2.05) is 36.4 Å². The van der Waals surface area contributed by atoms with Crippen molar-refractivity contribution < 1.29 is 23.4 Å². The highest BCUT2D eigenvalue weighted by atomic mass is 16.5. The quantitative estimate of drug-likeness (QED) is 0.304. The van der Waals surface area contributed by atoms with E-state index in [1.54, 1.807) is 45.4 Å². The number of fused-ring (bicyclic) bond motifs is 1. The molecule has 0 fully saturated rings. The summed E-state index contributed by atoms with van der Waals surface area (Å²) in [6.07, 6.45) is 0. The molecule has 6 nitrogen and oxygen atoms in total. The molecule has 6 heteroatoms. The molecular weight excluding hydrogens is 408 g/mol. The molecule has 0 spiro atoms. The summed E-state index contributed by atoms with van der Waals surface area (Å²) in [6, 6.07) is 19.9. The summed E-state index contributed by atoms with van der Waals surface area (Å²) in [7, 11) is 3.10. The number of hydrogen-bond donors (Lipinski definition) is 0. The Hall–Kier alpha value is -4.06. The number of benzene rings is 3. The van der Waals surface area contributed by atoms with E-state index >= 15 is 0 Å². The third kappa shape index (κ3) is 4.07. The number of carbonyl (C=O) groups is 1. The fourth-order valence-electron chi connectivity index (χ4n) is 3.63. The predicted octanol–water partition coefficient (Wildman–Crippen LogP) is 5.32. The van der Waals surface area contributed by atoms with Crippen LogP contribution in [0.5, 0.6) is 11.5 Å². The molecule has 162 valence electrons. The van der Waals surface area contributed by atoms with Gasteiger partial charge in [0.2, 0.25) is 0 Å². The SMILES string of the molecule is CCOC(=O)c1ccc(-c2cccc(-c3cc(=O)oc4cc(OC)cc(OC)c34)c2)cc1. The van der Waals surface area contributed by atoms with Gasteiger partial charge in [-0.05, 0) is 41.8 Å². The van der Waals surface area contributed by atoms with Gasteiger partial charge in [-0.1, -0.05) is 30.3 Å². The van der Waals surface area contributed by atoms with Crippen LogP contribution in [0.4, 0.5) is 0 Å². The summed E-state index contributed by atoms with van der Waals surface area (Å²) in [5, 5.41) is 0.683. The molecule has 0 saturated heterocycles. The normalized spacial score (nSPS) is 10.7. The maximum absolute atomic E-state index is 12.3. The van der Waals surface area contributed by atoms with E-state index in [2.05, 4.69) is 0 Å². The molecule has 1 aromatic heterocycles. The third-order valence-corrected chi connectivity index (χ3v) is 5.14. The minimum absolute atomic E-state index is 0.330. The smallest absolute Gasteiger partial charge is 0.338 e. The summed E-state index contributed by atoms with van der Waals surface area (Å²) in [4.78, 5) is 24.2. The van der Waals surface area contributed by atoms with Crippen LogP contribution in [0.25, 0.3) is 33.2 Å². The fourth-order valence-corrected chi connectivity index (χ4v) is 3.63. The van der Waals surface area contributed by atoms with E-state index in [0.717, 1.165) is 16.7 Å². The van der Waals surface area contributed by atoms with E-state index in [-0.39, 0.29) is 5.97 Å². The van der Waals surface area contributed by atoms with Crippen molar-refractivity contribution >= 4 is 16.9 Å². The van der Waals surface area contributed by atoms with Crippen molar-refractivity contribution in [1.82, 2.24) is 0 Å². The molecule has 0 bridgehead atoms. The molecule has 0 unspecified atom stereocenters. The second-order valence-corrected chi connectivity index (χ2v) is 7.06. The minimum Gasteiger partial charge on any atom is -0.496 e. The largest absolute Gasteiger partial charge is 0.496 e. The van der Waals surface area contributed by atoms with Gasteiger partial charge in [-0.2, -0.15) is 0 Å². The number of esters is 1. The summed E-state index contributed by atoms with van der Waals surface area (Å²) in [5.74, 6) is 0.727. The average Bonchev–Trinajstić information content (AvgIpc) is 2.83. The summed E-state index contributed by atoms with van der Waals surface area (Å²) in [5.41, 5.74) is 3.81. The van der Waals surface area contributed by atoms with Gasteiger partial charge in [-0.15, -0.1) is 0 Å². The van der Waals surface area contributed by atoms with Crippen LogP contribution < -0.4 is 15.1 Å². The van der Waals surface area contributed by atoms with Gasteiger partial charge in [0.1, 0.15) is 17.1 Å². The first-order chi connectivity index (χ1) is 15.5. The second-order valence-electron chi connectivity index (χ2n) is 7.06. The van der Waals surface area contributed by atoms with E-state index < -0.39 is 5.63 Å². The van der Waals surface area contributed by atoms with Crippen LogP contribution in [-0.2, 0) is 4.74 Å². The molecule has 0 N–H and O–H groups in total. The summed E-state index contributed by atoms with van der Waals surface area (Å²) >= 11 is 0. The third-order valence-electron chi connectivity index (χ3n) is 5.14. The van der Waals surface area contributed by atoms with Crippen molar-refractivity contribution in [2.45, 2.75) is 6.92 Å². The Balaban J connectivity index is 1.82. The van der Waals surface area contributed by atoms with Gasteiger partial charge in [0, 0.05) is 23.8 Å².